The molecule has 172 valence electrons. The molecule has 0 radical (unpaired) electrons. The molecular formula is C19H21F3N6O4. The molecule has 0 N–H and O–H groups in total. The Labute approximate surface area is 181 Å². The summed E-state index contributed by atoms with van der Waals surface area (Å²) in [5, 5.41) is 0. The summed E-state index contributed by atoms with van der Waals surface area (Å²) in [5.74, 6) is -0.877. The molecule has 0 aliphatic carbocycles. The van der Waals surface area contributed by atoms with E-state index in [0.29, 0.717) is 52.6 Å². The lowest BCUT2D eigenvalue weighted by atomic mass is 10.1. The van der Waals surface area contributed by atoms with Crippen molar-refractivity contribution in [1.82, 2.24) is 19.9 Å². The van der Waals surface area contributed by atoms with Crippen LogP contribution >= 0.6 is 0 Å². The number of aromatic nitrogens is 4. The number of esters is 1. The standard InChI is InChI=1S/C19H21F3N6O4/c1-12(29)32-14-3-2-13(15(23-14)19(20,21)22)16-24-17(27-4-8-30-9-5-27)26-18(25-16)28-6-10-31-11-7-28/h2-3H,4-11H2,1H3. The number of morpholine rings is 2. The highest BCUT2D eigenvalue weighted by atomic mass is 19.4. The van der Waals surface area contributed by atoms with E-state index in [1.54, 1.807) is 0 Å². The van der Waals surface area contributed by atoms with Gasteiger partial charge in [-0.1, -0.05) is 0 Å². The van der Waals surface area contributed by atoms with E-state index < -0.39 is 23.7 Å². The second-order valence-electron chi connectivity index (χ2n) is 7.09. The number of anilines is 2. The quantitative estimate of drug-likeness (QED) is 0.632. The number of carbonyl (C=O) groups excluding carboxylic acids is 1. The summed E-state index contributed by atoms with van der Waals surface area (Å²) < 4.78 is 56.9. The van der Waals surface area contributed by atoms with Crippen molar-refractivity contribution in [2.45, 2.75) is 13.1 Å². The summed E-state index contributed by atoms with van der Waals surface area (Å²) in [6, 6.07) is 2.33. The Hall–Kier alpha value is -3.06. The van der Waals surface area contributed by atoms with Crippen LogP contribution in [0.5, 0.6) is 5.88 Å². The van der Waals surface area contributed by atoms with Gasteiger partial charge in [-0.3, -0.25) is 4.79 Å². The van der Waals surface area contributed by atoms with Gasteiger partial charge < -0.3 is 24.0 Å². The van der Waals surface area contributed by atoms with Crippen LogP contribution in [0.3, 0.4) is 0 Å². The third-order valence-electron chi connectivity index (χ3n) is 4.83. The van der Waals surface area contributed by atoms with Crippen molar-refractivity contribution in [1.29, 1.82) is 0 Å². The van der Waals surface area contributed by atoms with Crippen LogP contribution in [0.1, 0.15) is 12.6 Å². The van der Waals surface area contributed by atoms with Gasteiger partial charge in [0.15, 0.2) is 11.5 Å². The highest BCUT2D eigenvalue weighted by Gasteiger charge is 2.38. The Balaban J connectivity index is 1.81. The van der Waals surface area contributed by atoms with E-state index in [4.69, 9.17) is 14.2 Å². The zero-order valence-electron chi connectivity index (χ0n) is 17.3. The molecule has 4 heterocycles. The van der Waals surface area contributed by atoms with E-state index >= 15 is 0 Å². The van der Waals surface area contributed by atoms with E-state index in [1.807, 2.05) is 9.80 Å². The van der Waals surface area contributed by atoms with Gasteiger partial charge in [-0.15, -0.1) is 0 Å². The monoisotopic (exact) mass is 454 g/mol. The van der Waals surface area contributed by atoms with E-state index in [9.17, 15) is 18.0 Å². The fourth-order valence-corrected chi connectivity index (χ4v) is 3.33. The van der Waals surface area contributed by atoms with Crippen molar-refractivity contribution in [3.8, 4) is 17.3 Å². The van der Waals surface area contributed by atoms with Gasteiger partial charge >= 0.3 is 12.1 Å². The van der Waals surface area contributed by atoms with Crippen molar-refractivity contribution >= 4 is 17.9 Å². The summed E-state index contributed by atoms with van der Waals surface area (Å²) in [7, 11) is 0. The van der Waals surface area contributed by atoms with Crippen LogP contribution in [0.25, 0.3) is 11.4 Å². The molecule has 4 rings (SSSR count). The Kier molecular flexibility index (Phi) is 6.37. The molecule has 2 aliphatic heterocycles. The third kappa shape index (κ3) is 5.05. The number of pyridine rings is 1. The van der Waals surface area contributed by atoms with Gasteiger partial charge in [0.2, 0.25) is 17.8 Å². The van der Waals surface area contributed by atoms with Crippen molar-refractivity contribution in [3.63, 3.8) is 0 Å². The molecule has 0 saturated carbocycles. The SMILES string of the molecule is CC(=O)Oc1ccc(-c2nc(N3CCOCC3)nc(N3CCOCC3)n2)c(C(F)(F)F)n1. The van der Waals surface area contributed by atoms with Gasteiger partial charge in [-0.25, -0.2) is 4.98 Å². The van der Waals surface area contributed by atoms with Crippen LogP contribution in [-0.4, -0.2) is 78.5 Å². The lowest BCUT2D eigenvalue weighted by molar-refractivity contribution is -0.142. The van der Waals surface area contributed by atoms with Crippen LogP contribution < -0.4 is 14.5 Å². The van der Waals surface area contributed by atoms with E-state index in [0.717, 1.165) is 13.0 Å². The number of nitrogens with zero attached hydrogens (tertiary/aromatic N) is 6. The van der Waals surface area contributed by atoms with Crippen LogP contribution in [-0.2, 0) is 20.4 Å². The highest BCUT2D eigenvalue weighted by molar-refractivity contribution is 5.69. The smallest absolute Gasteiger partial charge is 0.408 e. The Morgan fingerprint density at radius 2 is 1.44 bits per heavy atom. The fourth-order valence-electron chi connectivity index (χ4n) is 3.33. The Bertz CT molecular complexity index is 942. The van der Waals surface area contributed by atoms with Crippen LogP contribution in [0.15, 0.2) is 12.1 Å². The molecule has 0 unspecified atom stereocenters. The maximum absolute atomic E-state index is 13.8. The van der Waals surface area contributed by atoms with E-state index in [2.05, 4.69) is 19.9 Å². The minimum Gasteiger partial charge on any atom is -0.408 e. The van der Waals surface area contributed by atoms with Gasteiger partial charge in [0.25, 0.3) is 0 Å². The third-order valence-corrected chi connectivity index (χ3v) is 4.83. The molecular weight excluding hydrogens is 433 g/mol. The topological polar surface area (TPSA) is 103 Å². The van der Waals surface area contributed by atoms with Gasteiger partial charge in [0.05, 0.1) is 32.0 Å². The zero-order valence-corrected chi connectivity index (χ0v) is 17.3. The number of ether oxygens (including phenoxy) is 3. The van der Waals surface area contributed by atoms with Gasteiger partial charge in [-0.2, -0.15) is 28.1 Å². The molecule has 2 aromatic heterocycles. The summed E-state index contributed by atoms with van der Waals surface area (Å²) in [6.07, 6.45) is -4.82. The average molecular weight is 454 g/mol. The minimum atomic E-state index is -4.82. The number of hydrogen-bond donors (Lipinski definition) is 0. The zero-order chi connectivity index (χ0) is 22.7. The van der Waals surface area contributed by atoms with Crippen LogP contribution in [0, 0.1) is 0 Å². The molecule has 2 fully saturated rings. The Morgan fingerprint density at radius 3 is 1.91 bits per heavy atom. The maximum atomic E-state index is 13.8. The molecule has 0 atom stereocenters. The average Bonchev–Trinajstić information content (AvgIpc) is 2.79. The first-order chi connectivity index (χ1) is 15.3. The van der Waals surface area contributed by atoms with Crippen LogP contribution in [0.4, 0.5) is 25.1 Å². The lowest BCUT2D eigenvalue weighted by Gasteiger charge is -2.30. The summed E-state index contributed by atoms with van der Waals surface area (Å²) >= 11 is 0. The number of carbonyl (C=O) groups is 1. The molecule has 2 aromatic rings. The normalized spacial score (nSPS) is 17.4. The van der Waals surface area contributed by atoms with Crippen molar-refractivity contribution in [2.24, 2.45) is 0 Å². The number of rotatable bonds is 4. The molecule has 2 aliphatic rings. The highest BCUT2D eigenvalue weighted by Crippen LogP contribution is 2.36. The second kappa shape index (κ2) is 9.20. The number of hydrogen-bond acceptors (Lipinski definition) is 10. The first-order valence-electron chi connectivity index (χ1n) is 10.00. The molecule has 2 saturated heterocycles. The molecule has 0 spiro atoms. The minimum absolute atomic E-state index is 0.169. The molecule has 10 nitrogen and oxygen atoms in total. The molecule has 0 amide bonds. The predicted molar refractivity (Wildman–Crippen MR) is 105 cm³/mol. The largest absolute Gasteiger partial charge is 0.434 e. The van der Waals surface area contributed by atoms with Crippen molar-refractivity contribution < 1.29 is 32.2 Å². The van der Waals surface area contributed by atoms with Crippen molar-refractivity contribution in [2.75, 3.05) is 62.4 Å². The van der Waals surface area contributed by atoms with E-state index in [1.165, 1.54) is 6.07 Å². The van der Waals surface area contributed by atoms with Gasteiger partial charge in [0.1, 0.15) is 0 Å². The maximum Gasteiger partial charge on any atom is 0.434 e. The van der Waals surface area contributed by atoms with Crippen molar-refractivity contribution in [3.05, 3.63) is 17.8 Å². The summed E-state index contributed by atoms with van der Waals surface area (Å²) in [5.41, 5.74) is -1.58. The molecule has 32 heavy (non-hydrogen) atoms. The predicted octanol–water partition coefficient (Wildman–Crippen LogP) is 1.55. The van der Waals surface area contributed by atoms with E-state index in [-0.39, 0.29) is 23.3 Å². The van der Waals surface area contributed by atoms with Gasteiger partial charge in [0, 0.05) is 39.2 Å². The summed E-state index contributed by atoms with van der Waals surface area (Å²) in [4.78, 5) is 31.5. The number of alkyl halides is 3. The first kappa shape index (κ1) is 22.1. The molecule has 0 bridgehead atoms. The van der Waals surface area contributed by atoms with Crippen LogP contribution in [0.2, 0.25) is 0 Å². The molecule has 0 aromatic carbocycles. The summed E-state index contributed by atoms with van der Waals surface area (Å²) in [6.45, 7) is 4.92. The lowest BCUT2D eigenvalue weighted by Crippen LogP contribution is -2.40. The number of halogens is 3. The fraction of sp³-hybridized carbons (Fsp3) is 0.526. The Morgan fingerprint density at radius 1 is 0.906 bits per heavy atom. The van der Waals surface area contributed by atoms with Gasteiger partial charge in [-0.05, 0) is 6.07 Å². The second-order valence-corrected chi connectivity index (χ2v) is 7.09. The molecule has 13 heteroatoms. The first-order valence-corrected chi connectivity index (χ1v) is 10.00.